The molecule has 2 amide bonds. The Morgan fingerprint density at radius 1 is 1.06 bits per heavy atom. The number of carbonyl (C=O) groups is 2. The van der Waals surface area contributed by atoms with Crippen molar-refractivity contribution < 1.29 is 19.1 Å². The number of anilines is 2. The highest BCUT2D eigenvalue weighted by molar-refractivity contribution is 8.27. The molecule has 0 bridgehead atoms. The van der Waals surface area contributed by atoms with E-state index in [-0.39, 0.29) is 18.4 Å². The first-order valence-corrected chi connectivity index (χ1v) is 12.6. The normalized spacial score (nSPS) is 14.3. The minimum absolute atomic E-state index is 0.189. The van der Waals surface area contributed by atoms with Gasteiger partial charge in [-0.05, 0) is 61.0 Å². The van der Waals surface area contributed by atoms with E-state index >= 15 is 0 Å². The monoisotopic (exact) mass is 558 g/mol. The molecule has 6 nitrogen and oxygen atoms in total. The minimum atomic E-state index is -0.295. The van der Waals surface area contributed by atoms with Crippen molar-refractivity contribution in [2.75, 3.05) is 23.9 Å². The molecular formula is C26H20Cl2N2O4S2. The van der Waals surface area contributed by atoms with Crippen LogP contribution in [0.5, 0.6) is 11.5 Å². The number of ether oxygens (including phenoxy) is 2. The molecule has 0 aliphatic carbocycles. The van der Waals surface area contributed by atoms with Crippen molar-refractivity contribution in [2.24, 2.45) is 0 Å². The first-order valence-electron chi connectivity index (χ1n) is 10.7. The van der Waals surface area contributed by atoms with Crippen molar-refractivity contribution >= 4 is 80.8 Å². The van der Waals surface area contributed by atoms with E-state index in [0.29, 0.717) is 47.7 Å². The number of aryl methyl sites for hydroxylation is 1. The molecule has 3 aromatic carbocycles. The highest BCUT2D eigenvalue weighted by Gasteiger charge is 2.33. The lowest BCUT2D eigenvalue weighted by atomic mass is 10.2. The average molecular weight is 559 g/mol. The Balaban J connectivity index is 1.45. The number of methoxy groups -OCH3 is 1. The van der Waals surface area contributed by atoms with Crippen molar-refractivity contribution in [3.63, 3.8) is 0 Å². The molecule has 10 heteroatoms. The molecule has 184 valence electrons. The van der Waals surface area contributed by atoms with Gasteiger partial charge in [0.25, 0.3) is 11.8 Å². The van der Waals surface area contributed by atoms with Gasteiger partial charge in [-0.3, -0.25) is 14.5 Å². The van der Waals surface area contributed by atoms with Crippen LogP contribution in [0.15, 0.2) is 65.6 Å². The van der Waals surface area contributed by atoms with Crippen molar-refractivity contribution in [3.8, 4) is 11.5 Å². The number of thioether (sulfide) groups is 1. The molecule has 0 atom stereocenters. The number of hydrogen-bond acceptors (Lipinski definition) is 6. The van der Waals surface area contributed by atoms with Gasteiger partial charge in [0.2, 0.25) is 0 Å². The van der Waals surface area contributed by atoms with Gasteiger partial charge in [-0.2, -0.15) is 0 Å². The number of nitrogens with one attached hydrogen (secondary N) is 1. The predicted molar refractivity (Wildman–Crippen MR) is 150 cm³/mol. The number of rotatable bonds is 7. The van der Waals surface area contributed by atoms with Crippen LogP contribution in [0, 0.1) is 6.92 Å². The molecule has 1 aliphatic heterocycles. The number of benzene rings is 3. The van der Waals surface area contributed by atoms with Crippen LogP contribution in [0.1, 0.15) is 11.1 Å². The van der Waals surface area contributed by atoms with E-state index in [1.54, 1.807) is 42.5 Å². The molecule has 3 aromatic rings. The molecule has 1 fully saturated rings. The van der Waals surface area contributed by atoms with Gasteiger partial charge in [-0.15, -0.1) is 0 Å². The van der Waals surface area contributed by atoms with Gasteiger partial charge in [-0.1, -0.05) is 70.9 Å². The van der Waals surface area contributed by atoms with Gasteiger partial charge in [0, 0.05) is 5.69 Å². The Morgan fingerprint density at radius 3 is 2.50 bits per heavy atom. The molecule has 1 N–H and O–H groups in total. The third kappa shape index (κ3) is 6.02. The van der Waals surface area contributed by atoms with Crippen LogP contribution in [-0.2, 0) is 9.59 Å². The molecule has 36 heavy (non-hydrogen) atoms. The molecular weight excluding hydrogens is 539 g/mol. The second-order valence-electron chi connectivity index (χ2n) is 7.73. The molecule has 1 saturated heterocycles. The number of hydrogen-bond donors (Lipinski definition) is 1. The zero-order chi connectivity index (χ0) is 25.8. The van der Waals surface area contributed by atoms with Crippen molar-refractivity contribution in [3.05, 3.63) is 86.7 Å². The van der Waals surface area contributed by atoms with Gasteiger partial charge in [0.1, 0.15) is 0 Å². The average Bonchev–Trinajstić information content (AvgIpc) is 3.13. The summed E-state index contributed by atoms with van der Waals surface area (Å²) in [6, 6.07) is 17.6. The lowest BCUT2D eigenvalue weighted by Crippen LogP contribution is -2.27. The maximum absolute atomic E-state index is 13.1. The zero-order valence-corrected chi connectivity index (χ0v) is 22.4. The molecule has 4 rings (SSSR count). The summed E-state index contributed by atoms with van der Waals surface area (Å²) in [5.74, 6) is 0.260. The summed E-state index contributed by atoms with van der Waals surface area (Å²) in [6.07, 6.45) is 1.72. The van der Waals surface area contributed by atoms with Crippen LogP contribution >= 0.6 is 47.2 Å². The maximum Gasteiger partial charge on any atom is 0.270 e. The molecule has 1 heterocycles. The number of halogens is 2. The van der Waals surface area contributed by atoms with Crippen molar-refractivity contribution in [1.82, 2.24) is 0 Å². The van der Waals surface area contributed by atoms with Gasteiger partial charge >= 0.3 is 0 Å². The number of amides is 2. The number of nitrogens with zero attached hydrogens (tertiary/aromatic N) is 1. The summed E-state index contributed by atoms with van der Waals surface area (Å²) >= 11 is 18.7. The van der Waals surface area contributed by atoms with Gasteiger partial charge < -0.3 is 14.8 Å². The largest absolute Gasteiger partial charge is 0.493 e. The van der Waals surface area contributed by atoms with E-state index < -0.39 is 0 Å². The Morgan fingerprint density at radius 2 is 1.81 bits per heavy atom. The fraction of sp³-hybridized carbons (Fsp3) is 0.115. The Bertz CT molecular complexity index is 1380. The maximum atomic E-state index is 13.1. The zero-order valence-electron chi connectivity index (χ0n) is 19.2. The summed E-state index contributed by atoms with van der Waals surface area (Å²) in [5.41, 5.74) is 3.04. The summed E-state index contributed by atoms with van der Waals surface area (Å²) in [7, 11) is 1.50. The Hall–Kier alpha value is -3.04. The molecule has 0 saturated carbocycles. The Kier molecular flexibility index (Phi) is 8.21. The summed E-state index contributed by atoms with van der Waals surface area (Å²) in [6.45, 7) is 1.79. The number of carbonyl (C=O) groups excluding carboxylic acids is 2. The van der Waals surface area contributed by atoms with Crippen LogP contribution in [-0.4, -0.2) is 29.9 Å². The van der Waals surface area contributed by atoms with E-state index in [4.69, 9.17) is 44.9 Å². The third-order valence-corrected chi connectivity index (χ3v) is 7.18. The summed E-state index contributed by atoms with van der Waals surface area (Å²) < 4.78 is 11.5. The predicted octanol–water partition coefficient (Wildman–Crippen LogP) is 6.73. The fourth-order valence-corrected chi connectivity index (χ4v) is 4.93. The first kappa shape index (κ1) is 26.0. The van der Waals surface area contributed by atoms with Gasteiger partial charge in [0.05, 0.1) is 27.7 Å². The van der Waals surface area contributed by atoms with Crippen LogP contribution in [0.3, 0.4) is 0 Å². The topological polar surface area (TPSA) is 67.9 Å². The van der Waals surface area contributed by atoms with Crippen LogP contribution in [0.2, 0.25) is 10.0 Å². The smallest absolute Gasteiger partial charge is 0.270 e. The lowest BCUT2D eigenvalue weighted by molar-refractivity contribution is -0.118. The van der Waals surface area contributed by atoms with Gasteiger partial charge in [-0.25, -0.2) is 0 Å². The number of thiocarbonyl (C=S) groups is 1. The second-order valence-corrected chi connectivity index (χ2v) is 10.2. The highest BCUT2D eigenvalue weighted by Crippen LogP contribution is 2.38. The molecule has 0 aromatic heterocycles. The summed E-state index contributed by atoms with van der Waals surface area (Å²) in [4.78, 5) is 27.2. The standard InChI is InChI=1S/C26H20Cl2N2O4S2/c1-15-3-6-17(7-4-15)29-24(31)14-34-21-10-5-16(11-22(21)33-2)12-23-25(32)30(26(35)36-23)18-8-9-19(27)20(28)13-18/h3-13H,14H2,1-2H3,(H,29,31)/b23-12-. The quantitative estimate of drug-likeness (QED) is 0.256. The van der Waals surface area contributed by atoms with E-state index in [0.717, 1.165) is 5.56 Å². The van der Waals surface area contributed by atoms with Crippen LogP contribution < -0.4 is 19.7 Å². The van der Waals surface area contributed by atoms with Crippen molar-refractivity contribution in [2.45, 2.75) is 6.92 Å². The lowest BCUT2D eigenvalue weighted by Gasteiger charge is -2.15. The SMILES string of the molecule is COc1cc(/C=C2\SC(=S)N(c3ccc(Cl)c(Cl)c3)C2=O)ccc1OCC(=O)Nc1ccc(C)cc1. The van der Waals surface area contributed by atoms with E-state index in [1.807, 2.05) is 31.2 Å². The van der Waals surface area contributed by atoms with E-state index in [1.165, 1.54) is 23.8 Å². The Labute approximate surface area is 228 Å². The van der Waals surface area contributed by atoms with Gasteiger partial charge in [0.15, 0.2) is 22.4 Å². The third-order valence-electron chi connectivity index (χ3n) is 5.13. The van der Waals surface area contributed by atoms with Crippen LogP contribution in [0.4, 0.5) is 11.4 Å². The molecule has 0 radical (unpaired) electrons. The fourth-order valence-electron chi connectivity index (χ4n) is 3.34. The summed E-state index contributed by atoms with van der Waals surface area (Å²) in [5, 5.41) is 3.51. The molecule has 1 aliphatic rings. The highest BCUT2D eigenvalue weighted by atomic mass is 35.5. The van der Waals surface area contributed by atoms with E-state index in [2.05, 4.69) is 5.32 Å². The molecule has 0 unspecified atom stereocenters. The minimum Gasteiger partial charge on any atom is -0.493 e. The van der Waals surface area contributed by atoms with Crippen LogP contribution in [0.25, 0.3) is 6.08 Å². The first-order chi connectivity index (χ1) is 17.2. The second kappa shape index (κ2) is 11.3. The molecule has 0 spiro atoms. The van der Waals surface area contributed by atoms with Crippen molar-refractivity contribution in [1.29, 1.82) is 0 Å². The van der Waals surface area contributed by atoms with E-state index in [9.17, 15) is 9.59 Å².